The van der Waals surface area contributed by atoms with Gasteiger partial charge in [-0.25, -0.2) is 9.59 Å². The number of carbonyl (C=O) groups is 2. The van der Waals surface area contributed by atoms with Gasteiger partial charge >= 0.3 is 12.2 Å². The summed E-state index contributed by atoms with van der Waals surface area (Å²) in [6.07, 6.45) is 2.94. The number of likely N-dealkylation sites (tertiary alicyclic amines) is 1. The van der Waals surface area contributed by atoms with Gasteiger partial charge in [-0.15, -0.1) is 0 Å². The second-order valence-corrected chi connectivity index (χ2v) is 9.24. The molecule has 2 N–H and O–H groups in total. The van der Waals surface area contributed by atoms with Gasteiger partial charge in [-0.1, -0.05) is 6.92 Å². The van der Waals surface area contributed by atoms with E-state index in [1.54, 1.807) is 4.90 Å². The summed E-state index contributed by atoms with van der Waals surface area (Å²) >= 11 is 0. The standard InChI is InChI=1S/C20H39N3O4/c1-8-15(22-17(24)26-19(2,3)4)9-12-21-16-10-13-23(14-11-16)18(25)27-20(5,6)7/h15-16,21H,8-14H2,1-7H3,(H,22,24). The Morgan fingerprint density at radius 3 is 2.07 bits per heavy atom. The van der Waals surface area contributed by atoms with Crippen LogP contribution in [0.25, 0.3) is 0 Å². The number of amides is 2. The minimum Gasteiger partial charge on any atom is -0.444 e. The number of ether oxygens (including phenoxy) is 2. The zero-order valence-electron chi connectivity index (χ0n) is 18.2. The SMILES string of the molecule is CCC(CCNC1CCN(C(=O)OC(C)(C)C)CC1)NC(=O)OC(C)(C)C. The first-order chi connectivity index (χ1) is 12.4. The molecule has 1 aliphatic rings. The zero-order valence-corrected chi connectivity index (χ0v) is 18.2. The Bertz CT molecular complexity index is 475. The van der Waals surface area contributed by atoms with Crippen molar-refractivity contribution in [3.8, 4) is 0 Å². The summed E-state index contributed by atoms with van der Waals surface area (Å²) in [7, 11) is 0. The van der Waals surface area contributed by atoms with Crippen LogP contribution in [0.3, 0.4) is 0 Å². The highest BCUT2D eigenvalue weighted by Gasteiger charge is 2.26. The number of piperidine rings is 1. The van der Waals surface area contributed by atoms with Crippen LogP contribution in [0.15, 0.2) is 0 Å². The fourth-order valence-corrected chi connectivity index (χ4v) is 2.91. The van der Waals surface area contributed by atoms with Crippen LogP contribution in [0.4, 0.5) is 9.59 Å². The van der Waals surface area contributed by atoms with Crippen molar-refractivity contribution < 1.29 is 19.1 Å². The fourth-order valence-electron chi connectivity index (χ4n) is 2.91. The van der Waals surface area contributed by atoms with Crippen molar-refractivity contribution in [3.05, 3.63) is 0 Å². The first kappa shape index (κ1) is 23.5. The maximum absolute atomic E-state index is 12.1. The Kier molecular flexibility index (Phi) is 8.85. The third-order valence-corrected chi connectivity index (χ3v) is 4.29. The molecule has 0 aromatic rings. The van der Waals surface area contributed by atoms with Crippen LogP contribution in [0, 0.1) is 0 Å². The topological polar surface area (TPSA) is 79.9 Å². The highest BCUT2D eigenvalue weighted by atomic mass is 16.6. The Morgan fingerprint density at radius 2 is 1.59 bits per heavy atom. The van der Waals surface area contributed by atoms with E-state index < -0.39 is 11.2 Å². The third-order valence-electron chi connectivity index (χ3n) is 4.29. The summed E-state index contributed by atoms with van der Waals surface area (Å²) in [5.41, 5.74) is -0.939. The minimum absolute atomic E-state index is 0.0919. The molecule has 2 amide bonds. The number of hydrogen-bond donors (Lipinski definition) is 2. The van der Waals surface area contributed by atoms with Crippen LogP contribution in [-0.4, -0.2) is 60.0 Å². The van der Waals surface area contributed by atoms with Crippen molar-refractivity contribution in [2.75, 3.05) is 19.6 Å². The van der Waals surface area contributed by atoms with E-state index in [4.69, 9.17) is 9.47 Å². The molecular weight excluding hydrogens is 346 g/mol. The monoisotopic (exact) mass is 385 g/mol. The molecule has 0 aromatic heterocycles. The van der Waals surface area contributed by atoms with Crippen molar-refractivity contribution in [1.82, 2.24) is 15.5 Å². The molecule has 1 atom stereocenters. The van der Waals surface area contributed by atoms with E-state index in [9.17, 15) is 9.59 Å². The van der Waals surface area contributed by atoms with Gasteiger partial charge in [0, 0.05) is 25.2 Å². The molecule has 0 aromatic carbocycles. The van der Waals surface area contributed by atoms with E-state index in [1.165, 1.54) is 0 Å². The molecule has 1 rings (SSSR count). The molecule has 0 aliphatic carbocycles. The lowest BCUT2D eigenvalue weighted by Crippen LogP contribution is -2.47. The van der Waals surface area contributed by atoms with Gasteiger partial charge in [-0.2, -0.15) is 0 Å². The Balaban J connectivity index is 2.27. The molecule has 7 heteroatoms. The maximum Gasteiger partial charge on any atom is 0.410 e. The van der Waals surface area contributed by atoms with Gasteiger partial charge < -0.3 is 25.0 Å². The van der Waals surface area contributed by atoms with Crippen molar-refractivity contribution >= 4 is 12.2 Å². The fraction of sp³-hybridized carbons (Fsp3) is 0.900. The largest absolute Gasteiger partial charge is 0.444 e. The molecule has 0 radical (unpaired) electrons. The molecule has 1 aliphatic heterocycles. The van der Waals surface area contributed by atoms with E-state index in [0.29, 0.717) is 19.1 Å². The molecule has 0 saturated carbocycles. The van der Waals surface area contributed by atoms with Crippen molar-refractivity contribution in [2.45, 2.75) is 97.4 Å². The second kappa shape index (κ2) is 10.2. The number of nitrogens with zero attached hydrogens (tertiary/aromatic N) is 1. The lowest BCUT2D eigenvalue weighted by molar-refractivity contribution is 0.0198. The van der Waals surface area contributed by atoms with Crippen LogP contribution >= 0.6 is 0 Å². The molecule has 158 valence electrons. The van der Waals surface area contributed by atoms with Crippen molar-refractivity contribution in [3.63, 3.8) is 0 Å². The Labute approximate surface area is 164 Å². The average molecular weight is 386 g/mol. The molecule has 0 spiro atoms. The molecule has 1 heterocycles. The van der Waals surface area contributed by atoms with E-state index in [2.05, 4.69) is 17.6 Å². The first-order valence-corrected chi connectivity index (χ1v) is 10.1. The highest BCUT2D eigenvalue weighted by molar-refractivity contribution is 5.68. The normalized spacial score (nSPS) is 17.4. The van der Waals surface area contributed by atoms with Gasteiger partial charge in [-0.05, 0) is 73.8 Å². The Hall–Kier alpha value is -1.50. The second-order valence-electron chi connectivity index (χ2n) is 9.24. The summed E-state index contributed by atoms with van der Waals surface area (Å²) in [4.78, 5) is 25.8. The molecule has 27 heavy (non-hydrogen) atoms. The summed E-state index contributed by atoms with van der Waals surface area (Å²) < 4.78 is 10.7. The van der Waals surface area contributed by atoms with Crippen LogP contribution in [0.1, 0.15) is 74.1 Å². The van der Waals surface area contributed by atoms with Gasteiger partial charge in [0.15, 0.2) is 0 Å². The van der Waals surface area contributed by atoms with Gasteiger partial charge in [0.2, 0.25) is 0 Å². The molecular formula is C20H39N3O4. The van der Waals surface area contributed by atoms with Gasteiger partial charge in [0.05, 0.1) is 0 Å². The predicted molar refractivity (Wildman–Crippen MR) is 107 cm³/mol. The van der Waals surface area contributed by atoms with E-state index in [-0.39, 0.29) is 18.2 Å². The lowest BCUT2D eigenvalue weighted by atomic mass is 10.0. The zero-order chi connectivity index (χ0) is 20.7. The van der Waals surface area contributed by atoms with Crippen LogP contribution in [-0.2, 0) is 9.47 Å². The number of rotatable bonds is 6. The molecule has 1 saturated heterocycles. The van der Waals surface area contributed by atoms with Crippen molar-refractivity contribution in [2.24, 2.45) is 0 Å². The first-order valence-electron chi connectivity index (χ1n) is 10.1. The summed E-state index contributed by atoms with van der Waals surface area (Å²) in [6, 6.07) is 0.483. The van der Waals surface area contributed by atoms with E-state index in [1.807, 2.05) is 41.5 Å². The lowest BCUT2D eigenvalue weighted by Gasteiger charge is -2.34. The van der Waals surface area contributed by atoms with Crippen LogP contribution in [0.2, 0.25) is 0 Å². The van der Waals surface area contributed by atoms with Gasteiger partial charge in [-0.3, -0.25) is 0 Å². The smallest absolute Gasteiger partial charge is 0.410 e. The molecule has 1 unspecified atom stereocenters. The minimum atomic E-state index is -0.483. The third kappa shape index (κ3) is 10.4. The van der Waals surface area contributed by atoms with Gasteiger partial charge in [0.1, 0.15) is 11.2 Å². The number of nitrogens with one attached hydrogen (secondary N) is 2. The van der Waals surface area contributed by atoms with Crippen molar-refractivity contribution in [1.29, 1.82) is 0 Å². The number of alkyl carbamates (subject to hydrolysis) is 1. The van der Waals surface area contributed by atoms with Gasteiger partial charge in [0.25, 0.3) is 0 Å². The summed E-state index contributed by atoms with van der Waals surface area (Å²) in [6.45, 7) is 15.5. The van der Waals surface area contributed by atoms with Crippen LogP contribution in [0.5, 0.6) is 0 Å². The number of hydrogen-bond acceptors (Lipinski definition) is 5. The summed E-state index contributed by atoms with van der Waals surface area (Å²) in [5.74, 6) is 0. The molecule has 1 fully saturated rings. The summed E-state index contributed by atoms with van der Waals surface area (Å²) in [5, 5.41) is 6.48. The van der Waals surface area contributed by atoms with Crippen LogP contribution < -0.4 is 10.6 Å². The molecule has 0 bridgehead atoms. The Morgan fingerprint density at radius 1 is 1.04 bits per heavy atom. The predicted octanol–water partition coefficient (Wildman–Crippen LogP) is 3.67. The van der Waals surface area contributed by atoms with E-state index in [0.717, 1.165) is 32.2 Å². The van der Waals surface area contributed by atoms with E-state index >= 15 is 0 Å². The average Bonchev–Trinajstić information content (AvgIpc) is 2.51. The highest BCUT2D eigenvalue weighted by Crippen LogP contribution is 2.15. The quantitative estimate of drug-likeness (QED) is 0.729. The number of carbonyl (C=O) groups excluding carboxylic acids is 2. The maximum atomic E-state index is 12.1. The molecule has 7 nitrogen and oxygen atoms in total.